The highest BCUT2D eigenvalue weighted by molar-refractivity contribution is 7.26. The fraction of sp³-hybridized carbons (Fsp3) is 0.364. The Morgan fingerprint density at radius 1 is 0.545 bits per heavy atom. The molecule has 0 unspecified atom stereocenters. The number of benzene rings is 1. The van der Waals surface area contributed by atoms with Crippen molar-refractivity contribution in [2.24, 2.45) is 0 Å². The van der Waals surface area contributed by atoms with Crippen LogP contribution in [0.25, 0.3) is 84.2 Å². The predicted octanol–water partition coefficient (Wildman–Crippen LogP) is 12.9. The van der Waals surface area contributed by atoms with Crippen molar-refractivity contribution >= 4 is 96.9 Å². The maximum atomic E-state index is 14.4. The van der Waals surface area contributed by atoms with Crippen molar-refractivity contribution in [2.75, 3.05) is 0 Å². The van der Waals surface area contributed by atoms with Gasteiger partial charge in [-0.05, 0) is 61.4 Å². The van der Waals surface area contributed by atoms with Gasteiger partial charge in [-0.1, -0.05) is 78.1 Å². The first-order chi connectivity index (χ1) is 27.0. The number of fused-ring (bicyclic) bond motifs is 8. The fourth-order valence-electron chi connectivity index (χ4n) is 8.36. The lowest BCUT2D eigenvalue weighted by Gasteiger charge is -2.05. The lowest BCUT2D eigenvalue weighted by molar-refractivity contribution is 0.502. The number of hydrogen-bond donors (Lipinski definition) is 0. The topological polar surface area (TPSA) is 95.0 Å². The summed E-state index contributed by atoms with van der Waals surface area (Å²) in [6.45, 7) is 4.49. The average molecular weight is 787 g/mol. The summed E-state index contributed by atoms with van der Waals surface area (Å²) in [4.78, 5) is 42.3. The Morgan fingerprint density at radius 3 is 1.44 bits per heavy atom. The summed E-state index contributed by atoms with van der Waals surface area (Å²) in [7, 11) is 0. The van der Waals surface area contributed by atoms with Gasteiger partial charge in [0.2, 0.25) is 0 Å². The Morgan fingerprint density at radius 2 is 0.982 bits per heavy atom. The molecule has 10 aromatic rings. The maximum Gasteiger partial charge on any atom is 0.274 e. The first kappa shape index (κ1) is 34.9. The van der Waals surface area contributed by atoms with E-state index in [1.165, 1.54) is 75.5 Å². The van der Waals surface area contributed by atoms with Gasteiger partial charge >= 0.3 is 0 Å². The summed E-state index contributed by atoms with van der Waals surface area (Å²) < 4.78 is 17.1. The maximum absolute atomic E-state index is 14.4. The molecule has 55 heavy (non-hydrogen) atoms. The number of hydrogen-bond acceptors (Lipinski definition) is 9. The predicted molar refractivity (Wildman–Crippen MR) is 230 cm³/mol. The largest absolute Gasteiger partial charge is 0.460 e. The van der Waals surface area contributed by atoms with Crippen LogP contribution >= 0.6 is 34.0 Å². The summed E-state index contributed by atoms with van der Waals surface area (Å²) in [5.74, 6) is 3.61. The molecular formula is C44H42N4O4S3. The number of rotatable bonds is 16. The number of imidazole rings is 2. The third-order valence-electron chi connectivity index (χ3n) is 11.2. The molecule has 0 atom stereocenters. The molecule has 0 aliphatic carbocycles. The van der Waals surface area contributed by atoms with Gasteiger partial charge in [-0.25, -0.2) is 9.97 Å². The Labute approximate surface area is 328 Å². The summed E-state index contributed by atoms with van der Waals surface area (Å²) >= 11 is 4.37. The zero-order valence-electron chi connectivity index (χ0n) is 31.2. The molecule has 280 valence electrons. The van der Waals surface area contributed by atoms with Crippen LogP contribution in [-0.4, -0.2) is 18.8 Å². The van der Waals surface area contributed by atoms with Crippen molar-refractivity contribution < 1.29 is 8.83 Å². The average Bonchev–Trinajstić information content (AvgIpc) is 4.03. The first-order valence-electron chi connectivity index (χ1n) is 19.9. The highest BCUT2D eigenvalue weighted by atomic mass is 32.1. The molecule has 0 saturated carbocycles. The highest BCUT2D eigenvalue weighted by Gasteiger charge is 2.26. The zero-order valence-corrected chi connectivity index (χ0v) is 33.6. The fourth-order valence-corrected chi connectivity index (χ4v) is 11.5. The third-order valence-corrected chi connectivity index (χ3v) is 14.4. The molecule has 0 aliphatic rings. The number of thiophene rings is 3. The van der Waals surface area contributed by atoms with Crippen LogP contribution in [0.15, 0.2) is 67.0 Å². The summed E-state index contributed by atoms with van der Waals surface area (Å²) in [6, 6.07) is 16.3. The Bertz CT molecular complexity index is 2890. The molecule has 0 N–H and O–H groups in total. The van der Waals surface area contributed by atoms with E-state index >= 15 is 0 Å². The van der Waals surface area contributed by atoms with Crippen molar-refractivity contribution in [2.45, 2.75) is 104 Å². The molecule has 9 heterocycles. The highest BCUT2D eigenvalue weighted by Crippen LogP contribution is 2.43. The molecule has 0 radical (unpaired) electrons. The molecule has 11 heteroatoms. The minimum Gasteiger partial charge on any atom is -0.460 e. The molecular weight excluding hydrogens is 745 g/mol. The van der Waals surface area contributed by atoms with Crippen molar-refractivity contribution in [3.63, 3.8) is 0 Å². The van der Waals surface area contributed by atoms with E-state index in [-0.39, 0.29) is 11.1 Å². The van der Waals surface area contributed by atoms with Crippen LogP contribution < -0.4 is 11.1 Å². The third kappa shape index (κ3) is 5.80. The van der Waals surface area contributed by atoms with E-state index in [0.717, 1.165) is 101 Å². The van der Waals surface area contributed by atoms with Gasteiger partial charge in [-0.15, -0.1) is 34.0 Å². The molecule has 9 aromatic heterocycles. The van der Waals surface area contributed by atoms with Crippen LogP contribution in [0.1, 0.15) is 102 Å². The van der Waals surface area contributed by atoms with Crippen molar-refractivity contribution in [3.05, 3.63) is 80.8 Å². The molecule has 0 amide bonds. The van der Waals surface area contributed by atoms with Gasteiger partial charge in [-0.2, -0.15) is 0 Å². The molecule has 0 spiro atoms. The minimum atomic E-state index is -0.152. The van der Waals surface area contributed by atoms with E-state index < -0.39 is 0 Å². The van der Waals surface area contributed by atoms with Gasteiger partial charge in [0, 0.05) is 34.4 Å². The monoisotopic (exact) mass is 786 g/mol. The van der Waals surface area contributed by atoms with Crippen molar-refractivity contribution in [3.8, 4) is 21.3 Å². The van der Waals surface area contributed by atoms with E-state index in [1.54, 1.807) is 31.5 Å². The number of nitrogens with zero attached hydrogens (tertiary/aromatic N) is 4. The minimum absolute atomic E-state index is 0.152. The Hall–Kier alpha value is -4.58. The van der Waals surface area contributed by atoms with Gasteiger partial charge in [0.05, 0.1) is 20.8 Å². The molecule has 0 bridgehead atoms. The van der Waals surface area contributed by atoms with E-state index in [1.807, 2.05) is 36.4 Å². The van der Waals surface area contributed by atoms with E-state index in [2.05, 4.69) is 26.0 Å². The van der Waals surface area contributed by atoms with Gasteiger partial charge in [0.15, 0.2) is 0 Å². The molecule has 0 saturated heterocycles. The summed E-state index contributed by atoms with van der Waals surface area (Å²) in [5.41, 5.74) is 2.46. The molecule has 0 aliphatic heterocycles. The van der Waals surface area contributed by atoms with Crippen LogP contribution in [0, 0.1) is 0 Å². The van der Waals surface area contributed by atoms with Crippen LogP contribution in [0.3, 0.4) is 0 Å². The molecule has 0 fully saturated rings. The molecule has 10 rings (SSSR count). The zero-order chi connectivity index (χ0) is 37.2. The number of furan rings is 2. The van der Waals surface area contributed by atoms with Crippen LogP contribution in [0.4, 0.5) is 0 Å². The summed E-state index contributed by atoms with van der Waals surface area (Å²) in [5, 5.41) is 3.34. The summed E-state index contributed by atoms with van der Waals surface area (Å²) in [6.07, 6.45) is 16.8. The van der Waals surface area contributed by atoms with Crippen LogP contribution in [0.5, 0.6) is 0 Å². The quantitative estimate of drug-likeness (QED) is 0.0715. The second-order valence-electron chi connectivity index (χ2n) is 15.0. The van der Waals surface area contributed by atoms with E-state index in [4.69, 9.17) is 18.8 Å². The smallest absolute Gasteiger partial charge is 0.274 e. The molecule has 8 nitrogen and oxygen atoms in total. The van der Waals surface area contributed by atoms with Gasteiger partial charge in [0.25, 0.3) is 11.1 Å². The number of unbranched alkanes of at least 4 members (excludes halogenated alkanes) is 10. The second-order valence-corrected chi connectivity index (χ2v) is 18.1. The van der Waals surface area contributed by atoms with Gasteiger partial charge < -0.3 is 8.83 Å². The van der Waals surface area contributed by atoms with Crippen LogP contribution in [0.2, 0.25) is 0 Å². The van der Waals surface area contributed by atoms with Crippen molar-refractivity contribution in [1.29, 1.82) is 0 Å². The Kier molecular flexibility index (Phi) is 8.99. The number of aryl methyl sites for hydroxylation is 2. The van der Waals surface area contributed by atoms with E-state index in [0.29, 0.717) is 20.7 Å². The van der Waals surface area contributed by atoms with E-state index in [9.17, 15) is 9.59 Å². The second kappa shape index (κ2) is 14.2. The number of aromatic nitrogens is 4. The lowest BCUT2D eigenvalue weighted by Crippen LogP contribution is -2.12. The Balaban J connectivity index is 0.990. The normalized spacial score (nSPS) is 12.6. The van der Waals surface area contributed by atoms with Crippen molar-refractivity contribution in [1.82, 2.24) is 18.8 Å². The van der Waals surface area contributed by atoms with Crippen LogP contribution in [-0.2, 0) is 12.8 Å². The molecule has 1 aromatic carbocycles. The first-order valence-corrected chi connectivity index (χ1v) is 22.4. The SMILES string of the molecule is CCCCCCCCc1ccc(-c2cc3c(nc4c5ccc6c7c(sc(c(=O)n34)c57)c(=O)n3c4cc(-c5ccc(CCCCCCCC)o5)sc4nc63)s2)o1. The number of pyridine rings is 2. The van der Waals surface area contributed by atoms with Gasteiger partial charge in [-0.3, -0.25) is 18.4 Å². The van der Waals surface area contributed by atoms with Gasteiger partial charge in [0.1, 0.15) is 53.4 Å². The standard InChI is InChI=1S/C44H42N4O4S3/c1-3-5-7-9-11-13-15-25-17-21-31(51-25)33-23-29-41(53-33)45-39-27-19-20-28-36-35(27)37(43(49)47(29)39)55-38(36)44(50)48-30-24-34(54-42(30)46-40(28)48)32-22-18-26(52-32)16-14-12-10-8-6-4-2/h17-24H,3-16H2,1-2H3. The lowest BCUT2D eigenvalue weighted by atomic mass is 10.0.